The van der Waals surface area contributed by atoms with E-state index in [9.17, 15) is 0 Å². The molecule has 0 aliphatic heterocycles. The second kappa shape index (κ2) is 5.79. The van der Waals surface area contributed by atoms with Crippen LogP contribution in [0.1, 0.15) is 42.8 Å². The highest BCUT2D eigenvalue weighted by Gasteiger charge is 2.21. The van der Waals surface area contributed by atoms with Gasteiger partial charge in [0, 0.05) is 0 Å². The van der Waals surface area contributed by atoms with Crippen LogP contribution in [0.25, 0.3) is 0 Å². The first-order valence-corrected chi connectivity index (χ1v) is 7.19. The van der Waals surface area contributed by atoms with Crippen LogP contribution in [-0.4, -0.2) is 0 Å². The van der Waals surface area contributed by atoms with Gasteiger partial charge in [0.2, 0.25) is 0 Å². The molecule has 1 unspecified atom stereocenters. The molecule has 0 spiro atoms. The number of alkyl halides is 1. The minimum atomic E-state index is 0.0258. The topological polar surface area (TPSA) is 0 Å². The Balaban J connectivity index is 2.27. The van der Waals surface area contributed by atoms with Crippen molar-refractivity contribution < 1.29 is 0 Å². The van der Waals surface area contributed by atoms with Gasteiger partial charge < -0.3 is 0 Å². The zero-order chi connectivity index (χ0) is 13.9. The van der Waals surface area contributed by atoms with Gasteiger partial charge in [-0.1, -0.05) is 75.4 Å². The summed E-state index contributed by atoms with van der Waals surface area (Å²) >= 11 is 6.65. The van der Waals surface area contributed by atoms with E-state index in [1.54, 1.807) is 0 Å². The van der Waals surface area contributed by atoms with Gasteiger partial charge >= 0.3 is 0 Å². The molecule has 0 bridgehead atoms. The highest BCUT2D eigenvalue weighted by Crippen LogP contribution is 2.34. The zero-order valence-corrected chi connectivity index (χ0v) is 12.6. The maximum atomic E-state index is 6.65. The number of rotatable bonds is 3. The van der Waals surface area contributed by atoms with E-state index in [0.717, 1.165) is 6.42 Å². The van der Waals surface area contributed by atoms with Crippen molar-refractivity contribution in [2.24, 2.45) is 0 Å². The molecule has 0 aliphatic carbocycles. The van der Waals surface area contributed by atoms with Crippen molar-refractivity contribution in [2.75, 3.05) is 0 Å². The fourth-order valence-corrected chi connectivity index (χ4v) is 2.75. The van der Waals surface area contributed by atoms with Crippen molar-refractivity contribution in [3.8, 4) is 0 Å². The Morgan fingerprint density at radius 1 is 0.895 bits per heavy atom. The standard InChI is InChI=1S/C18H21Cl/c1-18(2,3)16-12-8-7-11-15(16)17(19)13-14-9-5-4-6-10-14/h4-12,17H,13H2,1-3H3. The van der Waals surface area contributed by atoms with E-state index < -0.39 is 0 Å². The van der Waals surface area contributed by atoms with Gasteiger partial charge in [0.1, 0.15) is 0 Å². The van der Waals surface area contributed by atoms with Crippen molar-refractivity contribution in [2.45, 2.75) is 38.0 Å². The molecule has 0 nitrogen and oxygen atoms in total. The Morgan fingerprint density at radius 2 is 1.47 bits per heavy atom. The fourth-order valence-electron chi connectivity index (χ4n) is 2.38. The van der Waals surface area contributed by atoms with Crippen molar-refractivity contribution in [1.82, 2.24) is 0 Å². The minimum Gasteiger partial charge on any atom is -0.117 e. The second-order valence-corrected chi connectivity index (χ2v) is 6.52. The summed E-state index contributed by atoms with van der Waals surface area (Å²) in [5.41, 5.74) is 4.00. The van der Waals surface area contributed by atoms with Gasteiger partial charge in [-0.25, -0.2) is 0 Å². The molecule has 1 heteroatoms. The fraction of sp³-hybridized carbons (Fsp3) is 0.333. The first kappa shape index (κ1) is 14.1. The lowest BCUT2D eigenvalue weighted by atomic mass is 9.82. The quantitative estimate of drug-likeness (QED) is 0.647. The van der Waals surface area contributed by atoms with Crippen LogP contribution in [0, 0.1) is 0 Å². The molecule has 100 valence electrons. The molecule has 0 fully saturated rings. The van der Waals surface area contributed by atoms with Crippen LogP contribution in [-0.2, 0) is 11.8 Å². The summed E-state index contributed by atoms with van der Waals surface area (Å²) in [6.45, 7) is 6.70. The summed E-state index contributed by atoms with van der Waals surface area (Å²) in [6.07, 6.45) is 0.871. The summed E-state index contributed by atoms with van der Waals surface area (Å²) in [4.78, 5) is 0. The Hall–Kier alpha value is -1.27. The molecule has 0 aliphatic rings. The van der Waals surface area contributed by atoms with Crippen LogP contribution in [0.3, 0.4) is 0 Å². The van der Waals surface area contributed by atoms with Gasteiger partial charge in [0.25, 0.3) is 0 Å². The van der Waals surface area contributed by atoms with E-state index in [0.29, 0.717) is 0 Å². The number of hydrogen-bond acceptors (Lipinski definition) is 0. The van der Waals surface area contributed by atoms with Gasteiger partial charge in [-0.15, -0.1) is 11.6 Å². The van der Waals surface area contributed by atoms with E-state index in [1.807, 2.05) is 6.07 Å². The summed E-state index contributed by atoms with van der Waals surface area (Å²) in [5, 5.41) is 0.0258. The van der Waals surface area contributed by atoms with E-state index in [-0.39, 0.29) is 10.8 Å². The number of benzene rings is 2. The summed E-state index contributed by atoms with van der Waals surface area (Å²) in [5.74, 6) is 0. The Labute approximate surface area is 121 Å². The maximum absolute atomic E-state index is 6.65. The van der Waals surface area contributed by atoms with E-state index >= 15 is 0 Å². The molecule has 0 aromatic heterocycles. The highest BCUT2D eigenvalue weighted by molar-refractivity contribution is 6.21. The van der Waals surface area contributed by atoms with Gasteiger partial charge in [-0.05, 0) is 28.5 Å². The molecule has 2 aromatic rings. The second-order valence-electron chi connectivity index (χ2n) is 5.99. The zero-order valence-electron chi connectivity index (χ0n) is 11.9. The van der Waals surface area contributed by atoms with E-state index in [1.165, 1.54) is 16.7 Å². The molecule has 19 heavy (non-hydrogen) atoms. The van der Waals surface area contributed by atoms with Crippen molar-refractivity contribution in [3.05, 3.63) is 71.3 Å². The SMILES string of the molecule is CC(C)(C)c1ccccc1C(Cl)Cc1ccccc1. The lowest BCUT2D eigenvalue weighted by Crippen LogP contribution is -2.15. The highest BCUT2D eigenvalue weighted by atomic mass is 35.5. The molecule has 1 atom stereocenters. The molecule has 0 saturated carbocycles. The van der Waals surface area contributed by atoms with Crippen molar-refractivity contribution in [3.63, 3.8) is 0 Å². The van der Waals surface area contributed by atoms with Crippen LogP contribution in [0.2, 0.25) is 0 Å². The molecule has 0 amide bonds. The van der Waals surface area contributed by atoms with E-state index in [4.69, 9.17) is 11.6 Å². The Morgan fingerprint density at radius 3 is 2.11 bits per heavy atom. The summed E-state index contributed by atoms with van der Waals surface area (Å²) in [7, 11) is 0. The third-order valence-electron chi connectivity index (χ3n) is 3.36. The predicted octanol–water partition coefficient (Wildman–Crippen LogP) is 5.51. The normalized spacial score (nSPS) is 13.3. The van der Waals surface area contributed by atoms with Gasteiger partial charge in [-0.2, -0.15) is 0 Å². The molecule has 0 N–H and O–H groups in total. The summed E-state index contributed by atoms with van der Waals surface area (Å²) in [6, 6.07) is 18.9. The third-order valence-corrected chi connectivity index (χ3v) is 3.75. The number of hydrogen-bond donors (Lipinski definition) is 0. The first-order chi connectivity index (χ1) is 8.98. The lowest BCUT2D eigenvalue weighted by Gasteiger charge is -2.25. The smallest absolute Gasteiger partial charge is 0.0628 e. The van der Waals surface area contributed by atoms with E-state index in [2.05, 4.69) is 69.3 Å². The largest absolute Gasteiger partial charge is 0.117 e. The number of halogens is 1. The van der Waals surface area contributed by atoms with Crippen molar-refractivity contribution in [1.29, 1.82) is 0 Å². The Kier molecular flexibility index (Phi) is 4.31. The van der Waals surface area contributed by atoms with Gasteiger partial charge in [0.15, 0.2) is 0 Å². The molecule has 2 rings (SSSR count). The molecule has 0 saturated heterocycles. The van der Waals surface area contributed by atoms with Gasteiger partial charge in [-0.3, -0.25) is 0 Å². The maximum Gasteiger partial charge on any atom is 0.0628 e. The third kappa shape index (κ3) is 3.61. The van der Waals surface area contributed by atoms with Crippen LogP contribution in [0.4, 0.5) is 0 Å². The molecular weight excluding hydrogens is 252 g/mol. The average Bonchev–Trinajstić information content (AvgIpc) is 2.39. The average molecular weight is 273 g/mol. The van der Waals surface area contributed by atoms with Crippen molar-refractivity contribution >= 4 is 11.6 Å². The van der Waals surface area contributed by atoms with Gasteiger partial charge in [0.05, 0.1) is 5.38 Å². The first-order valence-electron chi connectivity index (χ1n) is 6.76. The molecule has 2 aromatic carbocycles. The monoisotopic (exact) mass is 272 g/mol. The Bertz CT molecular complexity index is 523. The van der Waals surface area contributed by atoms with Crippen LogP contribution in [0.5, 0.6) is 0 Å². The summed E-state index contributed by atoms with van der Waals surface area (Å²) < 4.78 is 0. The van der Waals surface area contributed by atoms with Crippen LogP contribution >= 0.6 is 11.6 Å². The molecule has 0 radical (unpaired) electrons. The predicted molar refractivity (Wildman–Crippen MR) is 83.9 cm³/mol. The molecular formula is C18H21Cl. The van der Waals surface area contributed by atoms with Crippen LogP contribution < -0.4 is 0 Å². The minimum absolute atomic E-state index is 0.0258. The van der Waals surface area contributed by atoms with Crippen LogP contribution in [0.15, 0.2) is 54.6 Å². The molecule has 0 heterocycles. The lowest BCUT2D eigenvalue weighted by molar-refractivity contribution is 0.580.